The van der Waals surface area contributed by atoms with Crippen molar-refractivity contribution in [2.45, 2.75) is 77.7 Å². The second kappa shape index (κ2) is 12.7. The Bertz CT molecular complexity index is 1390. The van der Waals surface area contributed by atoms with E-state index in [1.165, 1.54) is 31.7 Å². The molecule has 0 radical (unpaired) electrons. The lowest BCUT2D eigenvalue weighted by molar-refractivity contribution is -0.123. The minimum atomic E-state index is -0.532. The molecule has 1 saturated carbocycles. The number of hydrogen-bond donors (Lipinski definition) is 2. The van der Waals surface area contributed by atoms with E-state index in [4.69, 9.17) is 0 Å². The lowest BCUT2D eigenvalue weighted by atomic mass is 9.83. The predicted molar refractivity (Wildman–Crippen MR) is 168 cm³/mol. The molecule has 0 bridgehead atoms. The van der Waals surface area contributed by atoms with E-state index in [-0.39, 0.29) is 22.8 Å². The van der Waals surface area contributed by atoms with E-state index in [0.29, 0.717) is 30.9 Å². The van der Waals surface area contributed by atoms with Crippen molar-refractivity contribution in [3.63, 3.8) is 0 Å². The first-order valence-corrected chi connectivity index (χ1v) is 15.4. The van der Waals surface area contributed by atoms with Gasteiger partial charge >= 0.3 is 0 Å². The number of piperidine rings is 1. The quantitative estimate of drug-likeness (QED) is 0.301. The average molecular weight is 570 g/mol. The van der Waals surface area contributed by atoms with Crippen molar-refractivity contribution >= 4 is 23.2 Å². The third kappa shape index (κ3) is 6.69. The van der Waals surface area contributed by atoms with Gasteiger partial charge in [0.25, 0.3) is 5.91 Å². The van der Waals surface area contributed by atoms with Gasteiger partial charge in [-0.3, -0.25) is 9.59 Å². The van der Waals surface area contributed by atoms with Gasteiger partial charge in [0.05, 0.1) is 17.5 Å². The van der Waals surface area contributed by atoms with Crippen molar-refractivity contribution in [1.29, 1.82) is 0 Å². The zero-order valence-corrected chi connectivity index (χ0v) is 25.4. The van der Waals surface area contributed by atoms with E-state index in [1.54, 1.807) is 24.0 Å². The number of rotatable bonds is 7. The van der Waals surface area contributed by atoms with Gasteiger partial charge in [0, 0.05) is 24.5 Å². The summed E-state index contributed by atoms with van der Waals surface area (Å²) in [5, 5.41) is 6.71. The fourth-order valence-corrected chi connectivity index (χ4v) is 6.53. The van der Waals surface area contributed by atoms with Gasteiger partial charge in [-0.05, 0) is 91.0 Å². The number of amides is 2. The molecule has 6 heteroatoms. The van der Waals surface area contributed by atoms with Crippen LogP contribution in [0.15, 0.2) is 66.7 Å². The molecule has 1 heterocycles. The maximum Gasteiger partial charge on any atom is 0.257 e. The van der Waals surface area contributed by atoms with Gasteiger partial charge in [-0.25, -0.2) is 4.39 Å². The maximum atomic E-state index is 15.0. The van der Waals surface area contributed by atoms with Crippen molar-refractivity contribution in [3.05, 3.63) is 94.8 Å². The maximum absolute atomic E-state index is 15.0. The van der Waals surface area contributed by atoms with Gasteiger partial charge in [0.2, 0.25) is 5.91 Å². The SMILES string of the molecule is Cc1cccc(F)c1C(=O)N1CCC[C@H](C(=O)Nc2cccc(C(C)(C)C)c2)[C@@H]1c1ccc(NCC2CCCC2)cc1. The Morgan fingerprint density at radius 3 is 2.31 bits per heavy atom. The molecule has 1 aliphatic carbocycles. The molecule has 5 rings (SSSR count). The molecule has 222 valence electrons. The Morgan fingerprint density at radius 2 is 1.62 bits per heavy atom. The van der Waals surface area contributed by atoms with Crippen LogP contribution >= 0.6 is 0 Å². The van der Waals surface area contributed by atoms with E-state index >= 15 is 0 Å². The minimum absolute atomic E-state index is 0.0531. The highest BCUT2D eigenvalue weighted by Gasteiger charge is 2.40. The monoisotopic (exact) mass is 569 g/mol. The van der Waals surface area contributed by atoms with E-state index in [0.717, 1.165) is 29.0 Å². The summed E-state index contributed by atoms with van der Waals surface area (Å²) >= 11 is 0. The molecule has 0 unspecified atom stereocenters. The van der Waals surface area contributed by atoms with Gasteiger partial charge in [0.1, 0.15) is 5.82 Å². The number of carbonyl (C=O) groups is 2. The highest BCUT2D eigenvalue weighted by molar-refractivity contribution is 5.98. The van der Waals surface area contributed by atoms with Gasteiger partial charge < -0.3 is 15.5 Å². The Kier molecular flexibility index (Phi) is 9.00. The summed E-state index contributed by atoms with van der Waals surface area (Å²) < 4.78 is 15.0. The molecule has 1 saturated heterocycles. The molecule has 2 fully saturated rings. The predicted octanol–water partition coefficient (Wildman–Crippen LogP) is 8.27. The number of hydrogen-bond acceptors (Lipinski definition) is 3. The molecule has 42 heavy (non-hydrogen) atoms. The summed E-state index contributed by atoms with van der Waals surface area (Å²) in [7, 11) is 0. The average Bonchev–Trinajstić information content (AvgIpc) is 3.49. The molecular weight excluding hydrogens is 525 g/mol. The summed E-state index contributed by atoms with van der Waals surface area (Å²) in [6.45, 7) is 9.61. The fraction of sp³-hybridized carbons (Fsp3) is 0.444. The smallest absolute Gasteiger partial charge is 0.257 e. The van der Waals surface area contributed by atoms with Crippen molar-refractivity contribution in [2.24, 2.45) is 11.8 Å². The lowest BCUT2D eigenvalue weighted by Crippen LogP contribution is -2.46. The number of benzene rings is 3. The Morgan fingerprint density at radius 1 is 0.905 bits per heavy atom. The van der Waals surface area contributed by atoms with Gasteiger partial charge in [0.15, 0.2) is 0 Å². The number of nitrogens with one attached hydrogen (secondary N) is 2. The largest absolute Gasteiger partial charge is 0.385 e. The first-order chi connectivity index (χ1) is 20.1. The molecule has 3 aromatic rings. The number of likely N-dealkylation sites (tertiary alicyclic amines) is 1. The van der Waals surface area contributed by atoms with Crippen molar-refractivity contribution in [1.82, 2.24) is 4.90 Å². The van der Waals surface area contributed by atoms with Crippen LogP contribution in [0.25, 0.3) is 0 Å². The van der Waals surface area contributed by atoms with Crippen LogP contribution in [0.2, 0.25) is 0 Å². The van der Waals surface area contributed by atoms with Crippen molar-refractivity contribution in [3.8, 4) is 0 Å². The van der Waals surface area contributed by atoms with Gasteiger partial charge in [-0.2, -0.15) is 0 Å². The Balaban J connectivity index is 1.44. The van der Waals surface area contributed by atoms with Crippen LogP contribution in [-0.4, -0.2) is 29.8 Å². The number of halogens is 1. The summed E-state index contributed by atoms with van der Waals surface area (Å²) in [6, 6.07) is 20.3. The van der Waals surface area contributed by atoms with E-state index in [2.05, 4.69) is 37.5 Å². The molecular formula is C36H44FN3O2. The van der Waals surface area contributed by atoms with Crippen LogP contribution in [0.3, 0.4) is 0 Å². The number of carbonyl (C=O) groups excluding carboxylic acids is 2. The molecule has 1 aliphatic heterocycles. The minimum Gasteiger partial charge on any atom is -0.385 e. The molecule has 2 aliphatic rings. The first kappa shape index (κ1) is 29.8. The van der Waals surface area contributed by atoms with E-state index in [1.807, 2.05) is 42.5 Å². The number of aryl methyl sites for hydroxylation is 1. The lowest BCUT2D eigenvalue weighted by Gasteiger charge is -2.41. The second-order valence-corrected chi connectivity index (χ2v) is 13.1. The van der Waals surface area contributed by atoms with Crippen LogP contribution in [0.1, 0.15) is 92.4 Å². The van der Waals surface area contributed by atoms with Crippen LogP contribution in [0.5, 0.6) is 0 Å². The van der Waals surface area contributed by atoms with E-state index < -0.39 is 17.8 Å². The molecule has 5 nitrogen and oxygen atoms in total. The zero-order chi connectivity index (χ0) is 29.9. The molecule has 0 aromatic heterocycles. The summed E-state index contributed by atoms with van der Waals surface area (Å²) in [6.07, 6.45) is 6.46. The second-order valence-electron chi connectivity index (χ2n) is 13.1. The first-order valence-electron chi connectivity index (χ1n) is 15.4. The highest BCUT2D eigenvalue weighted by Crippen LogP contribution is 2.39. The molecule has 0 spiro atoms. The van der Waals surface area contributed by atoms with Gasteiger partial charge in [-0.15, -0.1) is 0 Å². The standard InChI is InChI=1S/C36H44FN3O2/c1-24-10-7-16-31(37)32(24)35(42)40-21-9-15-30(34(41)39-29-14-8-13-27(22-29)36(2,3)4)33(40)26-17-19-28(20-18-26)38-23-25-11-5-6-12-25/h7-8,10,13-14,16-20,22,25,30,33,38H,5-6,9,11-12,15,21,23H2,1-4H3,(H,39,41)/t30-,33-/m0/s1. The highest BCUT2D eigenvalue weighted by atomic mass is 19.1. The Labute approximate surface area is 249 Å². The fourth-order valence-electron chi connectivity index (χ4n) is 6.53. The zero-order valence-electron chi connectivity index (χ0n) is 25.4. The summed E-state index contributed by atoms with van der Waals surface area (Å²) in [4.78, 5) is 29.6. The van der Waals surface area contributed by atoms with Crippen LogP contribution < -0.4 is 10.6 Å². The van der Waals surface area contributed by atoms with Crippen molar-refractivity contribution in [2.75, 3.05) is 23.7 Å². The molecule has 2 atom stereocenters. The Hall–Kier alpha value is -3.67. The number of nitrogens with zero attached hydrogens (tertiary/aromatic N) is 1. The van der Waals surface area contributed by atoms with Crippen LogP contribution in [0, 0.1) is 24.6 Å². The van der Waals surface area contributed by atoms with Crippen LogP contribution in [-0.2, 0) is 10.2 Å². The molecule has 2 amide bonds. The number of anilines is 2. The third-order valence-corrected chi connectivity index (χ3v) is 8.98. The van der Waals surface area contributed by atoms with Crippen LogP contribution in [0.4, 0.5) is 15.8 Å². The van der Waals surface area contributed by atoms with E-state index in [9.17, 15) is 14.0 Å². The van der Waals surface area contributed by atoms with Gasteiger partial charge in [-0.1, -0.05) is 70.0 Å². The molecule has 3 aromatic carbocycles. The normalized spacial score (nSPS) is 19.5. The third-order valence-electron chi connectivity index (χ3n) is 8.98. The summed E-state index contributed by atoms with van der Waals surface area (Å²) in [5.41, 5.74) is 4.41. The van der Waals surface area contributed by atoms with Crippen molar-refractivity contribution < 1.29 is 14.0 Å². The topological polar surface area (TPSA) is 61.4 Å². The summed E-state index contributed by atoms with van der Waals surface area (Å²) in [5.74, 6) is -0.797. The molecule has 2 N–H and O–H groups in total.